The molecular weight excluding hydrogens is 230 g/mol. The average molecular weight is 241 g/mol. The predicted molar refractivity (Wildman–Crippen MR) is 65.0 cm³/mol. The van der Waals surface area contributed by atoms with Crippen LogP contribution >= 0.6 is 0 Å². The number of benzene rings is 1. The van der Waals surface area contributed by atoms with Gasteiger partial charge in [-0.1, -0.05) is 24.3 Å². The number of hydrogen-bond acceptors (Lipinski definition) is 4. The maximum Gasteiger partial charge on any atom is 0.210 e. The highest BCUT2D eigenvalue weighted by molar-refractivity contribution is 6.24. The van der Waals surface area contributed by atoms with Gasteiger partial charge in [-0.05, 0) is 0 Å². The van der Waals surface area contributed by atoms with Crippen LogP contribution in [0.1, 0.15) is 20.7 Å². The zero-order chi connectivity index (χ0) is 12.5. The van der Waals surface area contributed by atoms with Gasteiger partial charge in [-0.15, -0.1) is 0 Å². The Morgan fingerprint density at radius 3 is 2.61 bits per heavy atom. The lowest BCUT2D eigenvalue weighted by Crippen LogP contribution is -2.31. The number of ether oxygens (including phenoxy) is 1. The second kappa shape index (κ2) is 4.14. The Morgan fingerprint density at radius 2 is 1.89 bits per heavy atom. The van der Waals surface area contributed by atoms with Crippen LogP contribution in [0.5, 0.6) is 0 Å². The van der Waals surface area contributed by atoms with Crippen LogP contribution in [-0.2, 0) is 4.74 Å². The van der Waals surface area contributed by atoms with Crippen molar-refractivity contribution in [2.24, 2.45) is 0 Å². The molecule has 0 fully saturated rings. The summed E-state index contributed by atoms with van der Waals surface area (Å²) in [5, 5.41) is 0. The van der Waals surface area contributed by atoms with Crippen molar-refractivity contribution >= 4 is 11.6 Å². The summed E-state index contributed by atoms with van der Waals surface area (Å²) in [5.41, 5.74) is 1.36. The molecule has 0 atom stereocenters. The Hall–Kier alpha value is -2.36. The molecule has 4 heteroatoms. The van der Waals surface area contributed by atoms with Gasteiger partial charge in [-0.2, -0.15) is 0 Å². The van der Waals surface area contributed by atoms with E-state index in [1.807, 2.05) is 0 Å². The van der Waals surface area contributed by atoms with Crippen LogP contribution in [0.2, 0.25) is 0 Å². The molecule has 4 nitrogen and oxygen atoms in total. The zero-order valence-electron chi connectivity index (χ0n) is 9.63. The molecule has 0 unspecified atom stereocenters. The Kier molecular flexibility index (Phi) is 2.48. The summed E-state index contributed by atoms with van der Waals surface area (Å²) in [4.78, 5) is 26.0. The maximum absolute atomic E-state index is 12.3. The lowest BCUT2D eigenvalue weighted by Gasteiger charge is -2.27. The molecule has 0 aromatic heterocycles. The number of Topliss-reactive ketones (excluding diaryl/α,β-unsaturated/α-hetero) is 1. The van der Waals surface area contributed by atoms with Crippen LogP contribution in [0.25, 0.3) is 0 Å². The fourth-order valence-corrected chi connectivity index (χ4v) is 2.13. The molecule has 18 heavy (non-hydrogen) atoms. The third-order valence-corrected chi connectivity index (χ3v) is 3.03. The molecule has 0 radical (unpaired) electrons. The number of rotatable bonds is 1. The van der Waals surface area contributed by atoms with E-state index in [9.17, 15) is 9.59 Å². The fourth-order valence-electron chi connectivity index (χ4n) is 2.13. The Morgan fingerprint density at radius 1 is 1.11 bits per heavy atom. The molecule has 3 rings (SSSR count). The molecule has 90 valence electrons. The van der Waals surface area contributed by atoms with Crippen LogP contribution in [0.3, 0.4) is 0 Å². The smallest absolute Gasteiger partial charge is 0.210 e. The molecular formula is C14H11NO3. The van der Waals surface area contributed by atoms with Crippen LogP contribution in [0.15, 0.2) is 48.5 Å². The van der Waals surface area contributed by atoms with Gasteiger partial charge in [0.2, 0.25) is 5.78 Å². The summed E-state index contributed by atoms with van der Waals surface area (Å²) in [6.07, 6.45) is 4.61. The summed E-state index contributed by atoms with van der Waals surface area (Å²) >= 11 is 0. The first-order valence-corrected chi connectivity index (χ1v) is 5.72. The Balaban J connectivity index is 2.04. The number of carbonyl (C=O) groups is 2. The van der Waals surface area contributed by atoms with E-state index in [0.29, 0.717) is 30.0 Å². The highest BCUT2D eigenvalue weighted by Crippen LogP contribution is 2.24. The van der Waals surface area contributed by atoms with Gasteiger partial charge in [0, 0.05) is 23.4 Å². The molecule has 1 aromatic carbocycles. The molecule has 0 saturated carbocycles. The number of hydrogen-bond donors (Lipinski definition) is 0. The Bertz CT molecular complexity index is 586. The monoisotopic (exact) mass is 241 g/mol. The zero-order valence-corrected chi connectivity index (χ0v) is 9.63. The SMILES string of the molecule is O=C1C=C(N2C=COCC2)C(=O)c2ccccc21. The summed E-state index contributed by atoms with van der Waals surface area (Å²) in [5.74, 6) is -0.239. The van der Waals surface area contributed by atoms with Gasteiger partial charge in [0.25, 0.3) is 0 Å². The normalized spacial score (nSPS) is 18.2. The summed E-state index contributed by atoms with van der Waals surface area (Å²) in [6, 6.07) is 6.89. The van der Waals surface area contributed by atoms with Crippen molar-refractivity contribution in [1.29, 1.82) is 0 Å². The van der Waals surface area contributed by atoms with E-state index >= 15 is 0 Å². The molecule has 1 aliphatic heterocycles. The number of allylic oxidation sites excluding steroid dienone is 2. The van der Waals surface area contributed by atoms with Crippen molar-refractivity contribution in [3.05, 3.63) is 59.6 Å². The van der Waals surface area contributed by atoms with E-state index in [1.165, 1.54) is 12.3 Å². The topological polar surface area (TPSA) is 46.6 Å². The minimum Gasteiger partial charge on any atom is -0.498 e. The quantitative estimate of drug-likeness (QED) is 0.751. The average Bonchev–Trinajstić information content (AvgIpc) is 2.44. The second-order valence-corrected chi connectivity index (χ2v) is 4.12. The molecule has 0 bridgehead atoms. The standard InChI is InChI=1S/C14H11NO3/c16-13-9-12(15-5-7-18-8-6-15)14(17)11-4-2-1-3-10(11)13/h1-5,7,9H,6,8H2. The van der Waals surface area contributed by atoms with E-state index < -0.39 is 0 Å². The van der Waals surface area contributed by atoms with E-state index in [1.54, 1.807) is 35.4 Å². The largest absolute Gasteiger partial charge is 0.498 e. The van der Waals surface area contributed by atoms with Crippen molar-refractivity contribution in [2.45, 2.75) is 0 Å². The number of fused-ring (bicyclic) bond motifs is 1. The van der Waals surface area contributed by atoms with Crippen molar-refractivity contribution in [3.63, 3.8) is 0 Å². The van der Waals surface area contributed by atoms with Gasteiger partial charge in [0.1, 0.15) is 6.61 Å². The summed E-state index contributed by atoms with van der Waals surface area (Å²) < 4.78 is 5.08. The van der Waals surface area contributed by atoms with E-state index in [2.05, 4.69) is 0 Å². The van der Waals surface area contributed by atoms with E-state index in [0.717, 1.165) is 0 Å². The van der Waals surface area contributed by atoms with Gasteiger partial charge >= 0.3 is 0 Å². The summed E-state index contributed by atoms with van der Waals surface area (Å²) in [6.45, 7) is 1.08. The summed E-state index contributed by atoms with van der Waals surface area (Å²) in [7, 11) is 0. The van der Waals surface area contributed by atoms with Crippen LogP contribution in [0, 0.1) is 0 Å². The molecule has 2 aliphatic rings. The van der Waals surface area contributed by atoms with Crippen molar-refractivity contribution in [3.8, 4) is 0 Å². The van der Waals surface area contributed by atoms with E-state index in [-0.39, 0.29) is 11.6 Å². The highest BCUT2D eigenvalue weighted by Gasteiger charge is 2.28. The first kappa shape index (κ1) is 10.8. The molecule has 1 aliphatic carbocycles. The van der Waals surface area contributed by atoms with Crippen LogP contribution in [-0.4, -0.2) is 29.6 Å². The second-order valence-electron chi connectivity index (χ2n) is 4.12. The van der Waals surface area contributed by atoms with Gasteiger partial charge in [-0.25, -0.2) is 0 Å². The molecule has 1 aromatic rings. The van der Waals surface area contributed by atoms with Gasteiger partial charge < -0.3 is 9.64 Å². The van der Waals surface area contributed by atoms with Gasteiger partial charge in [0.05, 0.1) is 18.5 Å². The highest BCUT2D eigenvalue weighted by atomic mass is 16.5. The van der Waals surface area contributed by atoms with Crippen molar-refractivity contribution in [1.82, 2.24) is 4.90 Å². The van der Waals surface area contributed by atoms with Gasteiger partial charge in [0.15, 0.2) is 5.78 Å². The first-order chi connectivity index (χ1) is 8.77. The van der Waals surface area contributed by atoms with Crippen LogP contribution in [0.4, 0.5) is 0 Å². The minimum atomic E-state index is -0.125. The number of ketones is 2. The fraction of sp³-hybridized carbons (Fsp3) is 0.143. The molecule has 0 spiro atoms. The Labute approximate surface area is 104 Å². The number of carbonyl (C=O) groups excluding carboxylic acids is 2. The first-order valence-electron chi connectivity index (χ1n) is 5.72. The van der Waals surface area contributed by atoms with Crippen LogP contribution < -0.4 is 0 Å². The molecule has 0 amide bonds. The third-order valence-electron chi connectivity index (χ3n) is 3.03. The van der Waals surface area contributed by atoms with Crippen molar-refractivity contribution < 1.29 is 14.3 Å². The van der Waals surface area contributed by atoms with E-state index in [4.69, 9.17) is 4.74 Å². The third kappa shape index (κ3) is 1.62. The van der Waals surface area contributed by atoms with Crippen molar-refractivity contribution in [2.75, 3.05) is 13.2 Å². The van der Waals surface area contributed by atoms with Gasteiger partial charge in [-0.3, -0.25) is 9.59 Å². The molecule has 1 heterocycles. The number of nitrogens with zero attached hydrogens (tertiary/aromatic N) is 1. The maximum atomic E-state index is 12.3. The molecule has 0 N–H and O–H groups in total. The minimum absolute atomic E-state index is 0.114. The lowest BCUT2D eigenvalue weighted by molar-refractivity contribution is 0.0948. The molecule has 0 saturated heterocycles. The lowest BCUT2D eigenvalue weighted by atomic mass is 9.92. The predicted octanol–water partition coefficient (Wildman–Crippen LogP) is 1.75.